The third kappa shape index (κ3) is 4.21. The molecule has 32 heavy (non-hydrogen) atoms. The number of ether oxygens (including phenoxy) is 1. The molecule has 0 amide bonds. The van der Waals surface area contributed by atoms with Crippen LogP contribution < -0.4 is 10.3 Å². The van der Waals surface area contributed by atoms with Crippen molar-refractivity contribution in [3.8, 4) is 17.1 Å². The van der Waals surface area contributed by atoms with E-state index >= 15 is 0 Å². The van der Waals surface area contributed by atoms with E-state index in [1.54, 1.807) is 43.5 Å². The van der Waals surface area contributed by atoms with Crippen LogP contribution in [0.15, 0.2) is 71.5 Å². The lowest BCUT2D eigenvalue weighted by atomic mass is 10.1. The second kappa shape index (κ2) is 8.45. The van der Waals surface area contributed by atoms with Crippen molar-refractivity contribution in [3.63, 3.8) is 0 Å². The van der Waals surface area contributed by atoms with Crippen LogP contribution in [0.1, 0.15) is 11.1 Å². The molecule has 0 saturated heterocycles. The highest BCUT2D eigenvalue weighted by atomic mass is 19.4. The Labute approximate surface area is 180 Å². The number of rotatable bonds is 5. The van der Waals surface area contributed by atoms with E-state index in [-0.39, 0.29) is 23.4 Å². The molecule has 164 valence electrons. The molecule has 0 fully saturated rings. The summed E-state index contributed by atoms with van der Waals surface area (Å²) in [6, 6.07) is 15.8. The highest BCUT2D eigenvalue weighted by Crippen LogP contribution is 2.33. The van der Waals surface area contributed by atoms with Crippen LogP contribution in [0, 0.1) is 5.82 Å². The molecule has 1 heterocycles. The van der Waals surface area contributed by atoms with Crippen LogP contribution in [0.3, 0.4) is 0 Å². The normalized spacial score (nSPS) is 11.7. The fourth-order valence-corrected chi connectivity index (χ4v) is 3.49. The van der Waals surface area contributed by atoms with Gasteiger partial charge in [-0.1, -0.05) is 24.3 Å². The molecule has 0 radical (unpaired) electrons. The predicted molar refractivity (Wildman–Crippen MR) is 113 cm³/mol. The summed E-state index contributed by atoms with van der Waals surface area (Å²) in [5.41, 5.74) is -0.683. The first-order chi connectivity index (χ1) is 15.3. The van der Waals surface area contributed by atoms with E-state index in [0.717, 1.165) is 11.6 Å². The van der Waals surface area contributed by atoms with Gasteiger partial charge in [0.05, 0.1) is 29.1 Å². The Kier molecular flexibility index (Phi) is 5.69. The number of methoxy groups -OCH3 is 1. The lowest BCUT2D eigenvalue weighted by Gasteiger charge is -2.16. The Bertz CT molecular complexity index is 1330. The van der Waals surface area contributed by atoms with Crippen LogP contribution in [0.25, 0.3) is 22.3 Å². The van der Waals surface area contributed by atoms with Crippen molar-refractivity contribution in [2.45, 2.75) is 19.1 Å². The summed E-state index contributed by atoms with van der Waals surface area (Å²) in [6.45, 7) is 0.105. The molecular weight excluding hydrogens is 424 g/mol. The lowest BCUT2D eigenvalue weighted by molar-refractivity contribution is -0.137. The number of hydrogen-bond donors (Lipinski definition) is 0. The average Bonchev–Trinajstić information content (AvgIpc) is 2.78. The van der Waals surface area contributed by atoms with Gasteiger partial charge in [0.15, 0.2) is 0 Å². The quantitative estimate of drug-likeness (QED) is 0.385. The van der Waals surface area contributed by atoms with E-state index < -0.39 is 23.1 Å². The zero-order valence-electron chi connectivity index (χ0n) is 17.0. The molecule has 0 atom stereocenters. The summed E-state index contributed by atoms with van der Waals surface area (Å²) >= 11 is 0. The molecule has 0 aliphatic carbocycles. The van der Waals surface area contributed by atoms with Gasteiger partial charge in [-0.05, 0) is 54.4 Å². The van der Waals surface area contributed by atoms with E-state index in [9.17, 15) is 22.4 Å². The molecule has 0 spiro atoms. The minimum absolute atomic E-state index is 0.105. The Morgan fingerprint density at radius 1 is 1.00 bits per heavy atom. The Balaban J connectivity index is 1.85. The van der Waals surface area contributed by atoms with E-state index in [0.29, 0.717) is 29.7 Å². The van der Waals surface area contributed by atoms with Gasteiger partial charge in [0, 0.05) is 6.54 Å². The zero-order valence-corrected chi connectivity index (χ0v) is 17.0. The first-order valence-electron chi connectivity index (χ1n) is 9.77. The highest BCUT2D eigenvalue weighted by molar-refractivity contribution is 5.79. The van der Waals surface area contributed by atoms with E-state index in [2.05, 4.69) is 4.98 Å². The third-order valence-electron chi connectivity index (χ3n) is 5.18. The largest absolute Gasteiger partial charge is 0.497 e. The average molecular weight is 442 g/mol. The number of aromatic nitrogens is 2. The Morgan fingerprint density at radius 2 is 1.72 bits per heavy atom. The number of halogens is 4. The van der Waals surface area contributed by atoms with Gasteiger partial charge in [-0.3, -0.25) is 9.36 Å². The van der Waals surface area contributed by atoms with Crippen molar-refractivity contribution in [1.82, 2.24) is 9.55 Å². The maximum absolute atomic E-state index is 14.7. The number of alkyl halides is 3. The Hall–Kier alpha value is -3.68. The minimum Gasteiger partial charge on any atom is -0.497 e. The number of hydrogen-bond acceptors (Lipinski definition) is 3. The van der Waals surface area contributed by atoms with Gasteiger partial charge < -0.3 is 4.74 Å². The third-order valence-corrected chi connectivity index (χ3v) is 5.18. The number of fused-ring (bicyclic) bond motifs is 1. The van der Waals surface area contributed by atoms with Gasteiger partial charge in [0.1, 0.15) is 17.4 Å². The van der Waals surface area contributed by atoms with Crippen molar-refractivity contribution in [2.75, 3.05) is 7.11 Å². The summed E-state index contributed by atoms with van der Waals surface area (Å²) in [7, 11) is 1.55. The summed E-state index contributed by atoms with van der Waals surface area (Å²) < 4.78 is 60.8. The lowest BCUT2D eigenvalue weighted by Crippen LogP contribution is -2.25. The number of nitrogens with zero attached hydrogens (tertiary/aromatic N) is 2. The van der Waals surface area contributed by atoms with Gasteiger partial charge >= 0.3 is 6.18 Å². The van der Waals surface area contributed by atoms with E-state index in [4.69, 9.17) is 4.74 Å². The number of benzene rings is 3. The van der Waals surface area contributed by atoms with Crippen LogP contribution in [0.2, 0.25) is 0 Å². The molecule has 3 aromatic carbocycles. The van der Waals surface area contributed by atoms with Crippen molar-refractivity contribution >= 4 is 10.9 Å². The zero-order chi connectivity index (χ0) is 22.9. The van der Waals surface area contributed by atoms with Crippen LogP contribution in [0.5, 0.6) is 5.75 Å². The summed E-state index contributed by atoms with van der Waals surface area (Å²) in [5.74, 6) is -0.366. The van der Waals surface area contributed by atoms with Crippen LogP contribution in [0.4, 0.5) is 17.6 Å². The molecule has 0 aliphatic rings. The fourth-order valence-electron chi connectivity index (χ4n) is 3.49. The molecular formula is C24H18F4N2O2. The van der Waals surface area contributed by atoms with Crippen molar-refractivity contribution < 1.29 is 22.3 Å². The van der Waals surface area contributed by atoms with E-state index in [1.807, 2.05) is 12.1 Å². The maximum atomic E-state index is 14.7. The summed E-state index contributed by atoms with van der Waals surface area (Å²) in [5, 5.41) is 0.304. The van der Waals surface area contributed by atoms with Gasteiger partial charge in [-0.15, -0.1) is 0 Å². The van der Waals surface area contributed by atoms with E-state index in [1.165, 1.54) is 4.57 Å². The molecule has 4 aromatic rings. The first kappa shape index (κ1) is 21.5. The SMILES string of the molecule is COc1ccc(CCn2c(-c3cc(C(F)(F)F)ccc3F)nc3ccccc3c2=O)cc1. The molecule has 0 saturated carbocycles. The molecule has 1 aromatic heterocycles. The van der Waals surface area contributed by atoms with Gasteiger partial charge in [-0.2, -0.15) is 13.2 Å². The van der Waals surface area contributed by atoms with Crippen molar-refractivity contribution in [2.24, 2.45) is 0 Å². The molecule has 4 nitrogen and oxygen atoms in total. The van der Waals surface area contributed by atoms with Crippen LogP contribution >= 0.6 is 0 Å². The van der Waals surface area contributed by atoms with Crippen molar-refractivity contribution in [1.29, 1.82) is 0 Å². The smallest absolute Gasteiger partial charge is 0.416 e. The Morgan fingerprint density at radius 3 is 2.41 bits per heavy atom. The molecule has 4 rings (SSSR count). The van der Waals surface area contributed by atoms with Gasteiger partial charge in [0.2, 0.25) is 0 Å². The topological polar surface area (TPSA) is 44.1 Å². The maximum Gasteiger partial charge on any atom is 0.416 e. The number of aryl methyl sites for hydroxylation is 1. The van der Waals surface area contributed by atoms with Crippen molar-refractivity contribution in [3.05, 3.63) is 94.0 Å². The molecule has 0 aliphatic heterocycles. The summed E-state index contributed by atoms with van der Waals surface area (Å²) in [4.78, 5) is 17.6. The second-order valence-corrected chi connectivity index (χ2v) is 7.20. The first-order valence-corrected chi connectivity index (χ1v) is 9.77. The molecule has 0 unspecified atom stereocenters. The summed E-state index contributed by atoms with van der Waals surface area (Å²) in [6.07, 6.45) is -4.27. The minimum atomic E-state index is -4.66. The van der Waals surface area contributed by atoms with Gasteiger partial charge in [-0.25, -0.2) is 9.37 Å². The molecule has 0 N–H and O–H groups in total. The van der Waals surface area contributed by atoms with Crippen LogP contribution in [-0.4, -0.2) is 16.7 Å². The molecule has 8 heteroatoms. The standard InChI is InChI=1S/C24H18F4N2O2/c1-32-17-9-6-15(7-10-17)12-13-30-22(29-21-5-3-2-4-18(21)23(30)31)19-14-16(24(26,27)28)8-11-20(19)25/h2-11,14H,12-13H2,1H3. The predicted octanol–water partition coefficient (Wildman–Crippen LogP) is 5.47. The molecule has 0 bridgehead atoms. The van der Waals surface area contributed by atoms with Crippen LogP contribution in [-0.2, 0) is 19.1 Å². The van der Waals surface area contributed by atoms with Gasteiger partial charge in [0.25, 0.3) is 5.56 Å². The highest BCUT2D eigenvalue weighted by Gasteiger charge is 2.32. The fraction of sp³-hybridized carbons (Fsp3) is 0.167. The number of para-hydroxylation sites is 1. The second-order valence-electron chi connectivity index (χ2n) is 7.20. The monoisotopic (exact) mass is 442 g/mol.